The molecule has 1 heteroatoms. The normalized spacial score (nSPS) is 9.71. The summed E-state index contributed by atoms with van der Waals surface area (Å²) in [5.74, 6) is 0. The van der Waals surface area contributed by atoms with E-state index in [0.717, 1.165) is 6.42 Å². The van der Waals surface area contributed by atoms with Crippen molar-refractivity contribution in [3.05, 3.63) is 35.4 Å². The van der Waals surface area contributed by atoms with E-state index in [4.69, 9.17) is 5.26 Å². The molecule has 0 N–H and O–H groups in total. The van der Waals surface area contributed by atoms with Crippen LogP contribution in [0, 0.1) is 11.3 Å². The third-order valence-electron chi connectivity index (χ3n) is 2.37. The summed E-state index contributed by atoms with van der Waals surface area (Å²) in [5, 5.41) is 8.45. The molecule has 0 amide bonds. The zero-order valence-electron chi connectivity index (χ0n) is 8.79. The molecule has 0 saturated carbocycles. The molecule has 0 aliphatic carbocycles. The Labute approximate surface area is 86.4 Å². The molecule has 0 radical (unpaired) electrons. The van der Waals surface area contributed by atoms with Crippen molar-refractivity contribution >= 4 is 0 Å². The van der Waals surface area contributed by atoms with Gasteiger partial charge < -0.3 is 0 Å². The highest BCUT2D eigenvalue weighted by Crippen LogP contribution is 2.09. The van der Waals surface area contributed by atoms with Crippen molar-refractivity contribution in [3.63, 3.8) is 0 Å². The quantitative estimate of drug-likeness (QED) is 0.692. The fourth-order valence-electron chi connectivity index (χ4n) is 1.45. The first-order valence-electron chi connectivity index (χ1n) is 5.31. The topological polar surface area (TPSA) is 23.8 Å². The summed E-state index contributed by atoms with van der Waals surface area (Å²) >= 11 is 0. The maximum Gasteiger partial charge on any atom is 0.0625 e. The number of rotatable bonds is 5. The summed E-state index contributed by atoms with van der Waals surface area (Å²) in [4.78, 5) is 0. The van der Waals surface area contributed by atoms with Crippen LogP contribution in [-0.2, 0) is 12.8 Å². The zero-order valence-corrected chi connectivity index (χ0v) is 8.79. The molecule has 0 bridgehead atoms. The molecule has 74 valence electrons. The van der Waals surface area contributed by atoms with Crippen LogP contribution in [0.5, 0.6) is 0 Å². The van der Waals surface area contributed by atoms with Crippen LogP contribution >= 0.6 is 0 Å². The van der Waals surface area contributed by atoms with Gasteiger partial charge in [0.2, 0.25) is 0 Å². The molecular weight excluding hydrogens is 170 g/mol. The predicted octanol–water partition coefficient (Wildman–Crippen LogP) is 3.49. The Balaban J connectivity index is 2.47. The largest absolute Gasteiger partial charge is 0.198 e. The summed E-state index contributed by atoms with van der Waals surface area (Å²) in [6.07, 6.45) is 5.18. The molecule has 1 nitrogen and oxygen atoms in total. The van der Waals surface area contributed by atoms with Gasteiger partial charge in [-0.05, 0) is 30.4 Å². The molecule has 0 aliphatic rings. The van der Waals surface area contributed by atoms with Crippen molar-refractivity contribution < 1.29 is 0 Å². The fraction of sp³-hybridized carbons (Fsp3) is 0.462. The maximum absolute atomic E-state index is 8.45. The molecule has 0 heterocycles. The monoisotopic (exact) mass is 187 g/mol. The molecule has 14 heavy (non-hydrogen) atoms. The molecule has 0 atom stereocenters. The Bertz CT molecular complexity index is 292. The molecule has 0 fully saturated rings. The summed E-state index contributed by atoms with van der Waals surface area (Å²) in [6, 6.07) is 10.8. The second-order valence-corrected chi connectivity index (χ2v) is 3.58. The van der Waals surface area contributed by atoms with Crippen molar-refractivity contribution in [2.45, 2.75) is 39.0 Å². The van der Waals surface area contributed by atoms with Gasteiger partial charge in [-0.2, -0.15) is 5.26 Å². The minimum Gasteiger partial charge on any atom is -0.198 e. The summed E-state index contributed by atoms with van der Waals surface area (Å²) < 4.78 is 0. The van der Waals surface area contributed by atoms with Gasteiger partial charge in [-0.3, -0.25) is 0 Å². The number of unbranched alkanes of at least 4 members (excludes halogenated alkanes) is 1. The van der Waals surface area contributed by atoms with Gasteiger partial charge in [0.1, 0.15) is 0 Å². The molecule has 1 aromatic rings. The Morgan fingerprint density at radius 1 is 1.07 bits per heavy atom. The second kappa shape index (κ2) is 6.21. The molecule has 1 aromatic carbocycles. The predicted molar refractivity (Wildman–Crippen MR) is 59.0 cm³/mol. The lowest BCUT2D eigenvalue weighted by Crippen LogP contribution is -1.87. The van der Waals surface area contributed by atoms with Gasteiger partial charge in [0, 0.05) is 6.42 Å². The lowest BCUT2D eigenvalue weighted by Gasteiger charge is -2.01. The Kier molecular flexibility index (Phi) is 4.78. The molecule has 0 saturated heterocycles. The van der Waals surface area contributed by atoms with E-state index in [9.17, 15) is 0 Å². The molecule has 0 unspecified atom stereocenters. The van der Waals surface area contributed by atoms with E-state index in [-0.39, 0.29) is 0 Å². The van der Waals surface area contributed by atoms with Crippen molar-refractivity contribution in [2.24, 2.45) is 0 Å². The van der Waals surface area contributed by atoms with Crippen molar-refractivity contribution in [3.8, 4) is 6.07 Å². The van der Waals surface area contributed by atoms with Gasteiger partial charge in [0.25, 0.3) is 0 Å². The van der Waals surface area contributed by atoms with Crippen LogP contribution in [-0.4, -0.2) is 0 Å². The maximum atomic E-state index is 8.45. The molecule has 0 aliphatic heterocycles. The van der Waals surface area contributed by atoms with Crippen LogP contribution in [0.1, 0.15) is 37.3 Å². The van der Waals surface area contributed by atoms with Gasteiger partial charge in [-0.25, -0.2) is 0 Å². The van der Waals surface area contributed by atoms with Gasteiger partial charge in [-0.15, -0.1) is 0 Å². The lowest BCUT2D eigenvalue weighted by atomic mass is 10.0. The highest BCUT2D eigenvalue weighted by molar-refractivity contribution is 5.23. The van der Waals surface area contributed by atoms with Gasteiger partial charge in [0.05, 0.1) is 6.07 Å². The van der Waals surface area contributed by atoms with E-state index < -0.39 is 0 Å². The SMILES string of the molecule is CCCCc1ccc(CCC#N)cc1. The molecular formula is C13H17N. The number of hydrogen-bond donors (Lipinski definition) is 0. The van der Waals surface area contributed by atoms with E-state index >= 15 is 0 Å². The van der Waals surface area contributed by atoms with E-state index in [0.29, 0.717) is 6.42 Å². The van der Waals surface area contributed by atoms with Gasteiger partial charge >= 0.3 is 0 Å². The third kappa shape index (κ3) is 3.62. The van der Waals surface area contributed by atoms with Crippen LogP contribution in [0.15, 0.2) is 24.3 Å². The zero-order chi connectivity index (χ0) is 10.2. The summed E-state index contributed by atoms with van der Waals surface area (Å²) in [5.41, 5.74) is 2.68. The van der Waals surface area contributed by atoms with E-state index in [2.05, 4.69) is 37.3 Å². The number of aryl methyl sites for hydroxylation is 2. The van der Waals surface area contributed by atoms with Gasteiger partial charge in [-0.1, -0.05) is 37.6 Å². The Hall–Kier alpha value is -1.29. The van der Waals surface area contributed by atoms with Crippen molar-refractivity contribution in [2.75, 3.05) is 0 Å². The van der Waals surface area contributed by atoms with Crippen molar-refractivity contribution in [1.82, 2.24) is 0 Å². The highest BCUT2D eigenvalue weighted by atomic mass is 14.2. The average Bonchev–Trinajstić information content (AvgIpc) is 2.25. The Morgan fingerprint density at radius 2 is 1.64 bits per heavy atom. The highest BCUT2D eigenvalue weighted by Gasteiger charge is 1.94. The number of benzene rings is 1. The van der Waals surface area contributed by atoms with Crippen molar-refractivity contribution in [1.29, 1.82) is 5.26 Å². The van der Waals surface area contributed by atoms with Crippen LogP contribution < -0.4 is 0 Å². The van der Waals surface area contributed by atoms with Crippen LogP contribution in [0.25, 0.3) is 0 Å². The van der Waals surface area contributed by atoms with Crippen LogP contribution in [0.2, 0.25) is 0 Å². The summed E-state index contributed by atoms with van der Waals surface area (Å²) in [7, 11) is 0. The summed E-state index contributed by atoms with van der Waals surface area (Å²) in [6.45, 7) is 2.21. The van der Waals surface area contributed by atoms with Crippen LogP contribution in [0.3, 0.4) is 0 Å². The molecule has 0 aromatic heterocycles. The van der Waals surface area contributed by atoms with E-state index in [1.165, 1.54) is 30.4 Å². The minimum atomic E-state index is 0.619. The molecule has 1 rings (SSSR count). The number of nitrogens with zero attached hydrogens (tertiary/aromatic N) is 1. The fourth-order valence-corrected chi connectivity index (χ4v) is 1.45. The first-order valence-corrected chi connectivity index (χ1v) is 5.31. The third-order valence-corrected chi connectivity index (χ3v) is 2.37. The van der Waals surface area contributed by atoms with E-state index in [1.807, 2.05) is 0 Å². The average molecular weight is 187 g/mol. The van der Waals surface area contributed by atoms with Gasteiger partial charge in [0.15, 0.2) is 0 Å². The second-order valence-electron chi connectivity index (χ2n) is 3.58. The van der Waals surface area contributed by atoms with E-state index in [1.54, 1.807) is 0 Å². The first-order chi connectivity index (χ1) is 6.86. The minimum absolute atomic E-state index is 0.619. The lowest BCUT2D eigenvalue weighted by molar-refractivity contribution is 0.794. The smallest absolute Gasteiger partial charge is 0.0625 e. The number of hydrogen-bond acceptors (Lipinski definition) is 1. The van der Waals surface area contributed by atoms with Crippen LogP contribution in [0.4, 0.5) is 0 Å². The standard InChI is InChI=1S/C13H17N/c1-2-3-5-12-7-9-13(10-8-12)6-4-11-14/h7-10H,2-6H2,1H3. The number of nitriles is 1. The Morgan fingerprint density at radius 3 is 2.14 bits per heavy atom. The molecule has 0 spiro atoms. The first kappa shape index (κ1) is 10.8.